The highest BCUT2D eigenvalue weighted by Gasteiger charge is 2.10. The van der Waals surface area contributed by atoms with Gasteiger partial charge in [0, 0.05) is 5.69 Å². The molecule has 0 aliphatic carbocycles. The van der Waals surface area contributed by atoms with E-state index >= 15 is 0 Å². The minimum atomic E-state index is -0.0225. The Kier molecular flexibility index (Phi) is 3.59. The fraction of sp³-hybridized carbons (Fsp3) is 0.214. The maximum absolute atomic E-state index is 12.0. The van der Waals surface area contributed by atoms with Gasteiger partial charge >= 0.3 is 0 Å². The van der Waals surface area contributed by atoms with E-state index in [1.807, 2.05) is 36.6 Å². The number of benzene rings is 1. The molecule has 0 radical (unpaired) electrons. The third kappa shape index (κ3) is 2.74. The van der Waals surface area contributed by atoms with Crippen LogP contribution in [0.2, 0.25) is 0 Å². The van der Waals surface area contributed by atoms with Crippen molar-refractivity contribution < 1.29 is 4.79 Å². The lowest BCUT2D eigenvalue weighted by Crippen LogP contribution is -2.11. The second kappa shape index (κ2) is 5.15. The topological polar surface area (TPSA) is 29.1 Å². The minimum absolute atomic E-state index is 0.0225. The van der Waals surface area contributed by atoms with Gasteiger partial charge < -0.3 is 5.32 Å². The van der Waals surface area contributed by atoms with E-state index in [0.717, 1.165) is 22.5 Å². The molecular formula is C14H15NOS. The van der Waals surface area contributed by atoms with Gasteiger partial charge in [-0.2, -0.15) is 0 Å². The van der Waals surface area contributed by atoms with E-state index in [1.54, 1.807) is 0 Å². The molecular weight excluding hydrogens is 230 g/mol. The highest BCUT2D eigenvalue weighted by atomic mass is 32.1. The number of nitrogens with one attached hydrogen (secondary N) is 1. The molecule has 17 heavy (non-hydrogen) atoms. The van der Waals surface area contributed by atoms with Gasteiger partial charge in [-0.3, -0.25) is 4.79 Å². The summed E-state index contributed by atoms with van der Waals surface area (Å²) >= 11 is 1.47. The average molecular weight is 245 g/mol. The van der Waals surface area contributed by atoms with E-state index in [2.05, 4.69) is 18.3 Å². The van der Waals surface area contributed by atoms with Crippen LogP contribution in [0.25, 0.3) is 0 Å². The molecule has 0 atom stereocenters. The van der Waals surface area contributed by atoms with Crippen LogP contribution in [0.4, 0.5) is 5.69 Å². The summed E-state index contributed by atoms with van der Waals surface area (Å²) in [6, 6.07) is 9.92. The van der Waals surface area contributed by atoms with Crippen LogP contribution in [0.15, 0.2) is 35.7 Å². The molecule has 0 saturated heterocycles. The molecule has 88 valence electrons. The molecule has 2 nitrogen and oxygen atoms in total. The molecule has 1 aromatic heterocycles. The molecule has 0 spiro atoms. The number of carbonyl (C=O) groups is 1. The second-order valence-corrected chi connectivity index (χ2v) is 4.86. The lowest BCUT2D eigenvalue weighted by atomic mass is 10.1. The monoisotopic (exact) mass is 245 g/mol. The number of amides is 1. The van der Waals surface area contributed by atoms with Crippen molar-refractivity contribution in [3.05, 3.63) is 51.7 Å². The van der Waals surface area contributed by atoms with Crippen molar-refractivity contribution in [3.63, 3.8) is 0 Å². The maximum Gasteiger partial charge on any atom is 0.265 e. The van der Waals surface area contributed by atoms with Crippen molar-refractivity contribution in [2.45, 2.75) is 20.3 Å². The Morgan fingerprint density at radius 2 is 2.18 bits per heavy atom. The zero-order chi connectivity index (χ0) is 12.3. The lowest BCUT2D eigenvalue weighted by Gasteiger charge is -2.06. The first kappa shape index (κ1) is 11.9. The molecule has 1 N–H and O–H groups in total. The van der Waals surface area contributed by atoms with Crippen LogP contribution in [0, 0.1) is 6.92 Å². The van der Waals surface area contributed by atoms with E-state index < -0.39 is 0 Å². The van der Waals surface area contributed by atoms with E-state index in [0.29, 0.717) is 0 Å². The molecule has 2 aromatic rings. The van der Waals surface area contributed by atoms with Crippen molar-refractivity contribution >= 4 is 22.9 Å². The van der Waals surface area contributed by atoms with E-state index in [1.165, 1.54) is 16.9 Å². The molecule has 1 heterocycles. The summed E-state index contributed by atoms with van der Waals surface area (Å²) < 4.78 is 0. The predicted molar refractivity (Wildman–Crippen MR) is 72.8 cm³/mol. The van der Waals surface area contributed by atoms with Crippen molar-refractivity contribution in [1.29, 1.82) is 0 Å². The van der Waals surface area contributed by atoms with E-state index in [9.17, 15) is 4.79 Å². The number of carbonyl (C=O) groups excluding carboxylic acids is 1. The van der Waals surface area contributed by atoms with Crippen LogP contribution < -0.4 is 5.32 Å². The molecule has 0 saturated carbocycles. The SMILES string of the molecule is CCc1cccc(NC(=O)c2sccc2C)c1. The lowest BCUT2D eigenvalue weighted by molar-refractivity contribution is 0.103. The van der Waals surface area contributed by atoms with Crippen LogP contribution in [0.3, 0.4) is 0 Å². The highest BCUT2D eigenvalue weighted by Crippen LogP contribution is 2.18. The standard InChI is InChI=1S/C14H15NOS/c1-3-11-5-4-6-12(9-11)15-14(16)13-10(2)7-8-17-13/h4-9H,3H2,1-2H3,(H,15,16). The molecule has 0 fully saturated rings. The second-order valence-electron chi connectivity index (χ2n) is 3.94. The van der Waals surface area contributed by atoms with Gasteiger partial charge in [0.2, 0.25) is 0 Å². The van der Waals surface area contributed by atoms with Gasteiger partial charge in [-0.05, 0) is 48.1 Å². The Labute approximate surface area is 105 Å². The van der Waals surface area contributed by atoms with Crippen LogP contribution in [0.1, 0.15) is 27.7 Å². The van der Waals surface area contributed by atoms with Crippen molar-refractivity contribution in [3.8, 4) is 0 Å². The third-order valence-corrected chi connectivity index (χ3v) is 3.68. The van der Waals surface area contributed by atoms with Gasteiger partial charge in [0.25, 0.3) is 5.91 Å². The molecule has 1 amide bonds. The largest absolute Gasteiger partial charge is 0.321 e. The normalized spacial score (nSPS) is 10.2. The summed E-state index contributed by atoms with van der Waals surface area (Å²) in [4.78, 5) is 12.8. The van der Waals surface area contributed by atoms with Crippen molar-refractivity contribution in [2.24, 2.45) is 0 Å². The average Bonchev–Trinajstić information content (AvgIpc) is 2.76. The molecule has 0 bridgehead atoms. The van der Waals surface area contributed by atoms with Gasteiger partial charge in [0.1, 0.15) is 0 Å². The summed E-state index contributed by atoms with van der Waals surface area (Å²) in [6.07, 6.45) is 0.974. The Bertz CT molecular complexity index is 531. The predicted octanol–water partition coefficient (Wildman–Crippen LogP) is 3.87. The van der Waals surface area contributed by atoms with Crippen LogP contribution in [0.5, 0.6) is 0 Å². The maximum atomic E-state index is 12.0. The summed E-state index contributed by atoms with van der Waals surface area (Å²) in [6.45, 7) is 4.05. The van der Waals surface area contributed by atoms with Gasteiger partial charge in [-0.1, -0.05) is 19.1 Å². The molecule has 2 rings (SSSR count). The first-order chi connectivity index (χ1) is 8.20. The molecule has 0 aliphatic rings. The molecule has 0 aliphatic heterocycles. The first-order valence-corrected chi connectivity index (χ1v) is 6.53. The fourth-order valence-electron chi connectivity index (χ4n) is 1.66. The summed E-state index contributed by atoms with van der Waals surface area (Å²) in [7, 11) is 0. The van der Waals surface area contributed by atoms with E-state index in [-0.39, 0.29) is 5.91 Å². The molecule has 1 aromatic carbocycles. The third-order valence-electron chi connectivity index (χ3n) is 2.66. The smallest absolute Gasteiger partial charge is 0.265 e. The Hall–Kier alpha value is -1.61. The van der Waals surface area contributed by atoms with Gasteiger partial charge in [-0.15, -0.1) is 11.3 Å². The summed E-state index contributed by atoms with van der Waals surface area (Å²) in [5.74, 6) is -0.0225. The Morgan fingerprint density at radius 1 is 1.35 bits per heavy atom. The zero-order valence-corrected chi connectivity index (χ0v) is 10.8. The highest BCUT2D eigenvalue weighted by molar-refractivity contribution is 7.12. The Morgan fingerprint density at radius 3 is 2.82 bits per heavy atom. The number of aryl methyl sites for hydroxylation is 2. The molecule has 0 unspecified atom stereocenters. The number of hydrogen-bond donors (Lipinski definition) is 1. The number of thiophene rings is 1. The summed E-state index contributed by atoms with van der Waals surface area (Å²) in [5, 5.41) is 4.87. The van der Waals surface area contributed by atoms with Crippen LogP contribution >= 0.6 is 11.3 Å². The fourth-order valence-corrected chi connectivity index (χ4v) is 2.48. The van der Waals surface area contributed by atoms with Crippen LogP contribution in [-0.2, 0) is 6.42 Å². The van der Waals surface area contributed by atoms with Crippen molar-refractivity contribution in [1.82, 2.24) is 0 Å². The van der Waals surface area contributed by atoms with E-state index in [4.69, 9.17) is 0 Å². The van der Waals surface area contributed by atoms with Crippen molar-refractivity contribution in [2.75, 3.05) is 5.32 Å². The number of hydrogen-bond acceptors (Lipinski definition) is 2. The van der Waals surface area contributed by atoms with Gasteiger partial charge in [0.15, 0.2) is 0 Å². The van der Waals surface area contributed by atoms with Crippen LogP contribution in [-0.4, -0.2) is 5.91 Å². The zero-order valence-electron chi connectivity index (χ0n) is 9.99. The van der Waals surface area contributed by atoms with Gasteiger partial charge in [-0.25, -0.2) is 0 Å². The molecule has 3 heteroatoms. The first-order valence-electron chi connectivity index (χ1n) is 5.65. The minimum Gasteiger partial charge on any atom is -0.321 e. The quantitative estimate of drug-likeness (QED) is 0.873. The van der Waals surface area contributed by atoms with Gasteiger partial charge in [0.05, 0.1) is 4.88 Å². The summed E-state index contributed by atoms with van der Waals surface area (Å²) in [5.41, 5.74) is 3.12. The Balaban J connectivity index is 2.16. The number of rotatable bonds is 3. The number of anilines is 1.